The van der Waals surface area contributed by atoms with Crippen molar-refractivity contribution in [1.82, 2.24) is 10.6 Å². The summed E-state index contributed by atoms with van der Waals surface area (Å²) < 4.78 is 0. The molecule has 0 unspecified atom stereocenters. The highest BCUT2D eigenvalue weighted by Crippen LogP contribution is 2.22. The lowest BCUT2D eigenvalue weighted by molar-refractivity contribution is 0.653. The Kier molecular flexibility index (Phi) is 7.45. The van der Waals surface area contributed by atoms with Gasteiger partial charge in [0.1, 0.15) is 11.7 Å². The van der Waals surface area contributed by atoms with E-state index < -0.39 is 0 Å². The van der Waals surface area contributed by atoms with E-state index in [0.29, 0.717) is 0 Å². The van der Waals surface area contributed by atoms with E-state index in [1.807, 2.05) is 0 Å². The van der Waals surface area contributed by atoms with Crippen molar-refractivity contribution in [1.29, 1.82) is 0 Å². The molecular weight excluding hydrogens is 419 g/mol. The summed E-state index contributed by atoms with van der Waals surface area (Å²) in [6, 6.07) is 17.6. The van der Waals surface area contributed by atoms with Gasteiger partial charge in [-0.1, -0.05) is 0 Å². The number of nitrogens with zero attached hydrogens (tertiary/aromatic N) is 4. The van der Waals surface area contributed by atoms with Crippen LogP contribution in [0.2, 0.25) is 0 Å². The predicted molar refractivity (Wildman–Crippen MR) is 131 cm³/mol. The molecule has 0 atom stereocenters. The topological polar surface area (TPSA) is 55.3 Å². The minimum atomic E-state index is 0. The van der Waals surface area contributed by atoms with Crippen LogP contribution in [0.25, 0.3) is 0 Å². The molecule has 0 aromatic heterocycles. The van der Waals surface area contributed by atoms with Gasteiger partial charge in [0.25, 0.3) is 0 Å². The van der Waals surface area contributed by atoms with Crippen LogP contribution in [0.3, 0.4) is 0 Å². The standard InChI is InChI=1S/C22H26N6.2ClH/c1-5-19(6-2-17(1)21-23-9-10-24-21)27-13-15-28(16-14-27)20-7-3-18(4-8-20)22-25-11-12-26-22;;/h1-8H,9-16H2,(H,23,24)(H,25,26);2*1H. The van der Waals surface area contributed by atoms with Gasteiger partial charge in [-0.3, -0.25) is 9.98 Å². The van der Waals surface area contributed by atoms with Crippen LogP contribution in [0.5, 0.6) is 0 Å². The highest BCUT2D eigenvalue weighted by molar-refractivity contribution is 6.00. The van der Waals surface area contributed by atoms with Crippen LogP contribution in [-0.4, -0.2) is 64.0 Å². The molecule has 2 aromatic rings. The first-order chi connectivity index (χ1) is 13.9. The van der Waals surface area contributed by atoms with Crippen LogP contribution in [-0.2, 0) is 0 Å². The van der Waals surface area contributed by atoms with E-state index in [-0.39, 0.29) is 24.8 Å². The minimum Gasteiger partial charge on any atom is -0.368 e. The van der Waals surface area contributed by atoms with Gasteiger partial charge in [0.05, 0.1) is 13.1 Å². The molecule has 30 heavy (non-hydrogen) atoms. The normalized spacial score (nSPS) is 17.9. The van der Waals surface area contributed by atoms with Crippen molar-refractivity contribution in [3.8, 4) is 0 Å². The van der Waals surface area contributed by atoms with Gasteiger partial charge in [0.2, 0.25) is 0 Å². The summed E-state index contributed by atoms with van der Waals surface area (Å²) in [6.07, 6.45) is 0. The van der Waals surface area contributed by atoms with Gasteiger partial charge in [-0.25, -0.2) is 0 Å². The number of piperazine rings is 1. The highest BCUT2D eigenvalue weighted by atomic mass is 35.5. The van der Waals surface area contributed by atoms with E-state index in [0.717, 1.165) is 64.0 Å². The average molecular weight is 447 g/mol. The zero-order chi connectivity index (χ0) is 18.8. The number of anilines is 2. The number of hydrogen-bond acceptors (Lipinski definition) is 6. The maximum Gasteiger partial charge on any atom is 0.128 e. The average Bonchev–Trinajstić information content (AvgIpc) is 3.49. The molecule has 3 heterocycles. The molecule has 160 valence electrons. The number of benzene rings is 2. The molecule has 8 heteroatoms. The molecule has 0 aliphatic carbocycles. The second-order valence-electron chi connectivity index (χ2n) is 7.38. The van der Waals surface area contributed by atoms with E-state index in [9.17, 15) is 0 Å². The largest absolute Gasteiger partial charge is 0.368 e. The Morgan fingerprint density at radius 2 is 0.933 bits per heavy atom. The summed E-state index contributed by atoms with van der Waals surface area (Å²) in [7, 11) is 0. The molecule has 0 spiro atoms. The third-order valence-electron chi connectivity index (χ3n) is 5.64. The summed E-state index contributed by atoms with van der Waals surface area (Å²) in [5, 5.41) is 6.67. The molecule has 3 aliphatic rings. The molecular formula is C22H28Cl2N6. The number of amidine groups is 2. The fraction of sp³-hybridized carbons (Fsp3) is 0.364. The fourth-order valence-electron chi connectivity index (χ4n) is 4.07. The molecule has 1 fully saturated rings. The Hall–Kier alpha value is -2.44. The molecule has 3 aliphatic heterocycles. The quantitative estimate of drug-likeness (QED) is 0.757. The van der Waals surface area contributed by atoms with Gasteiger partial charge in [-0.05, 0) is 48.5 Å². The molecule has 2 N–H and O–H groups in total. The summed E-state index contributed by atoms with van der Waals surface area (Å²) in [6.45, 7) is 7.80. The monoisotopic (exact) mass is 446 g/mol. The first-order valence-corrected chi connectivity index (χ1v) is 10.1. The summed E-state index contributed by atoms with van der Waals surface area (Å²) >= 11 is 0. The Labute approximate surface area is 190 Å². The third kappa shape index (κ3) is 4.65. The SMILES string of the molecule is Cl.Cl.c1cc(N2CCN(c3ccc(C4=NCCN4)cc3)CC2)ccc1C1=NCCN1. The van der Waals surface area contributed by atoms with Crippen molar-refractivity contribution in [2.75, 3.05) is 62.2 Å². The first-order valence-electron chi connectivity index (χ1n) is 10.1. The van der Waals surface area contributed by atoms with Crippen molar-refractivity contribution in [3.63, 3.8) is 0 Å². The zero-order valence-corrected chi connectivity index (χ0v) is 18.5. The van der Waals surface area contributed by atoms with Crippen LogP contribution in [0.4, 0.5) is 11.4 Å². The number of rotatable bonds is 4. The second kappa shape index (κ2) is 10.0. The van der Waals surface area contributed by atoms with Crippen molar-refractivity contribution in [2.45, 2.75) is 0 Å². The maximum atomic E-state index is 4.50. The summed E-state index contributed by atoms with van der Waals surface area (Å²) in [5.41, 5.74) is 4.95. The lowest BCUT2D eigenvalue weighted by Crippen LogP contribution is -2.46. The Morgan fingerprint density at radius 1 is 0.567 bits per heavy atom. The molecule has 2 aromatic carbocycles. The second-order valence-corrected chi connectivity index (χ2v) is 7.38. The van der Waals surface area contributed by atoms with Gasteiger partial charge < -0.3 is 20.4 Å². The molecule has 0 saturated carbocycles. The van der Waals surface area contributed by atoms with Gasteiger partial charge in [-0.15, -0.1) is 24.8 Å². The summed E-state index contributed by atoms with van der Waals surface area (Å²) in [5.74, 6) is 2.05. The number of nitrogens with one attached hydrogen (secondary N) is 2. The predicted octanol–water partition coefficient (Wildman–Crippen LogP) is 2.56. The van der Waals surface area contributed by atoms with Gasteiger partial charge in [0, 0.05) is 61.8 Å². The molecule has 1 saturated heterocycles. The Bertz CT molecular complexity index is 811. The lowest BCUT2D eigenvalue weighted by Gasteiger charge is -2.37. The molecule has 0 bridgehead atoms. The Balaban J connectivity index is 0.00000128. The van der Waals surface area contributed by atoms with Gasteiger partial charge >= 0.3 is 0 Å². The van der Waals surface area contributed by atoms with Crippen molar-refractivity contribution in [3.05, 3.63) is 59.7 Å². The van der Waals surface area contributed by atoms with Gasteiger partial charge in [0.15, 0.2) is 0 Å². The maximum absolute atomic E-state index is 4.50. The first kappa shape index (κ1) is 22.2. The smallest absolute Gasteiger partial charge is 0.128 e. The molecule has 0 amide bonds. The van der Waals surface area contributed by atoms with Crippen molar-refractivity contribution in [2.24, 2.45) is 9.98 Å². The fourth-order valence-corrected chi connectivity index (χ4v) is 4.07. The van der Waals surface area contributed by atoms with E-state index in [1.54, 1.807) is 0 Å². The number of halogens is 2. The van der Waals surface area contributed by atoms with Gasteiger partial charge in [-0.2, -0.15) is 0 Å². The van der Waals surface area contributed by atoms with Crippen LogP contribution >= 0.6 is 24.8 Å². The van der Waals surface area contributed by atoms with Crippen molar-refractivity contribution >= 4 is 47.9 Å². The molecule has 6 nitrogen and oxygen atoms in total. The van der Waals surface area contributed by atoms with Crippen LogP contribution in [0.1, 0.15) is 11.1 Å². The highest BCUT2D eigenvalue weighted by Gasteiger charge is 2.18. The van der Waals surface area contributed by atoms with Crippen LogP contribution in [0, 0.1) is 0 Å². The summed E-state index contributed by atoms with van der Waals surface area (Å²) in [4.78, 5) is 13.9. The van der Waals surface area contributed by atoms with E-state index in [4.69, 9.17) is 0 Å². The van der Waals surface area contributed by atoms with Crippen LogP contribution in [0.15, 0.2) is 58.5 Å². The van der Waals surface area contributed by atoms with Crippen LogP contribution < -0.4 is 20.4 Å². The number of aliphatic imine (C=N–C) groups is 2. The van der Waals surface area contributed by atoms with E-state index in [2.05, 4.69) is 78.9 Å². The zero-order valence-electron chi connectivity index (χ0n) is 16.9. The number of hydrogen-bond donors (Lipinski definition) is 2. The lowest BCUT2D eigenvalue weighted by atomic mass is 10.1. The van der Waals surface area contributed by atoms with E-state index >= 15 is 0 Å². The van der Waals surface area contributed by atoms with E-state index in [1.165, 1.54) is 22.5 Å². The van der Waals surface area contributed by atoms with Crippen molar-refractivity contribution < 1.29 is 0 Å². The Morgan fingerprint density at radius 3 is 1.23 bits per heavy atom. The molecule has 5 rings (SSSR count). The minimum absolute atomic E-state index is 0. The molecule has 0 radical (unpaired) electrons. The third-order valence-corrected chi connectivity index (χ3v) is 5.64.